The van der Waals surface area contributed by atoms with E-state index in [2.05, 4.69) is 59.8 Å². The first-order valence-electron chi connectivity index (χ1n) is 13.0. The summed E-state index contributed by atoms with van der Waals surface area (Å²) >= 11 is 5.94. The van der Waals surface area contributed by atoms with Crippen molar-refractivity contribution >= 4 is 23.0 Å². The first kappa shape index (κ1) is 24.9. The maximum atomic E-state index is 6.08. The summed E-state index contributed by atoms with van der Waals surface area (Å²) in [6, 6.07) is 28.2. The third-order valence-corrected chi connectivity index (χ3v) is 7.61. The van der Waals surface area contributed by atoms with E-state index in [1.807, 2.05) is 66.9 Å². The van der Waals surface area contributed by atoms with E-state index in [0.717, 1.165) is 28.6 Å². The second-order valence-electron chi connectivity index (χ2n) is 9.90. The van der Waals surface area contributed by atoms with Crippen molar-refractivity contribution in [1.82, 2.24) is 14.9 Å². The van der Waals surface area contributed by atoms with Gasteiger partial charge in [0, 0.05) is 23.3 Å². The van der Waals surface area contributed by atoms with Crippen LogP contribution in [0.2, 0.25) is 0 Å². The Morgan fingerprint density at radius 2 is 1.67 bits per heavy atom. The van der Waals surface area contributed by atoms with Gasteiger partial charge in [-0.1, -0.05) is 23.8 Å². The average molecular weight is 535 g/mol. The first-order valence-corrected chi connectivity index (χ1v) is 13.4. The number of rotatable bonds is 7. The standard InChI is InChI=1S/C32H30N4O2S/c1-21-9-13-25(14-10-21)38-26-15-11-24(12-16-26)36-31(30(34-32(36)39)29-8-4-5-17-33-29)28-19-22(2)35(23(28)3)20-27-7-6-18-37-27/h4-19,30-31H,20H2,1-3H3,(H,34,39)/t30-,31-/m0/s1. The highest BCUT2D eigenvalue weighted by atomic mass is 32.1. The lowest BCUT2D eigenvalue weighted by atomic mass is 9.96. The van der Waals surface area contributed by atoms with Crippen LogP contribution in [0.4, 0.5) is 5.69 Å². The van der Waals surface area contributed by atoms with Crippen molar-refractivity contribution in [2.24, 2.45) is 0 Å². The second-order valence-corrected chi connectivity index (χ2v) is 10.3. The number of thiocarbonyl (C=S) groups is 1. The minimum atomic E-state index is -0.111. The van der Waals surface area contributed by atoms with E-state index in [1.165, 1.54) is 22.5 Å². The zero-order chi connectivity index (χ0) is 26.9. The van der Waals surface area contributed by atoms with Crippen molar-refractivity contribution in [2.75, 3.05) is 4.90 Å². The molecule has 1 N–H and O–H groups in total. The number of nitrogens with zero attached hydrogens (tertiary/aromatic N) is 3. The average Bonchev–Trinajstić information content (AvgIpc) is 3.66. The molecule has 196 valence electrons. The van der Waals surface area contributed by atoms with Gasteiger partial charge in [-0.15, -0.1) is 0 Å². The highest BCUT2D eigenvalue weighted by Crippen LogP contribution is 2.43. The van der Waals surface area contributed by atoms with Gasteiger partial charge in [-0.3, -0.25) is 4.98 Å². The monoisotopic (exact) mass is 534 g/mol. The fourth-order valence-corrected chi connectivity index (χ4v) is 5.64. The zero-order valence-corrected chi connectivity index (χ0v) is 23.0. The summed E-state index contributed by atoms with van der Waals surface area (Å²) in [7, 11) is 0. The number of hydrogen-bond donors (Lipinski definition) is 1. The van der Waals surface area contributed by atoms with Crippen molar-refractivity contribution in [2.45, 2.75) is 39.4 Å². The molecule has 0 unspecified atom stereocenters. The number of aryl methyl sites for hydroxylation is 2. The largest absolute Gasteiger partial charge is 0.467 e. The highest BCUT2D eigenvalue weighted by Gasteiger charge is 2.42. The molecular weight excluding hydrogens is 504 g/mol. The van der Waals surface area contributed by atoms with Gasteiger partial charge in [0.05, 0.1) is 30.6 Å². The lowest BCUT2D eigenvalue weighted by molar-refractivity contribution is 0.482. The van der Waals surface area contributed by atoms with Crippen LogP contribution in [-0.4, -0.2) is 14.7 Å². The van der Waals surface area contributed by atoms with E-state index in [9.17, 15) is 0 Å². The fraction of sp³-hybridized carbons (Fsp3) is 0.188. The van der Waals surface area contributed by atoms with Gasteiger partial charge < -0.3 is 23.9 Å². The molecule has 7 heteroatoms. The van der Waals surface area contributed by atoms with Crippen LogP contribution >= 0.6 is 12.2 Å². The maximum Gasteiger partial charge on any atom is 0.174 e. The van der Waals surface area contributed by atoms with E-state index in [4.69, 9.17) is 26.4 Å². The minimum absolute atomic E-state index is 0.0900. The molecule has 1 aliphatic rings. The molecule has 6 rings (SSSR count). The van der Waals surface area contributed by atoms with Gasteiger partial charge in [0.1, 0.15) is 17.3 Å². The molecule has 2 atom stereocenters. The van der Waals surface area contributed by atoms with E-state index in [-0.39, 0.29) is 12.1 Å². The third-order valence-electron chi connectivity index (χ3n) is 7.30. The summed E-state index contributed by atoms with van der Waals surface area (Å²) in [5.41, 5.74) is 6.67. The van der Waals surface area contributed by atoms with E-state index in [0.29, 0.717) is 11.7 Å². The van der Waals surface area contributed by atoms with Crippen molar-refractivity contribution in [3.63, 3.8) is 0 Å². The molecule has 0 amide bonds. The highest BCUT2D eigenvalue weighted by molar-refractivity contribution is 7.80. The Kier molecular flexibility index (Phi) is 6.67. The summed E-state index contributed by atoms with van der Waals surface area (Å²) in [6.45, 7) is 7.04. The number of pyridine rings is 1. The molecule has 4 heterocycles. The molecule has 0 radical (unpaired) electrons. The van der Waals surface area contributed by atoms with Crippen LogP contribution in [0.15, 0.2) is 102 Å². The number of nitrogens with one attached hydrogen (secondary N) is 1. The molecule has 2 aromatic carbocycles. The second kappa shape index (κ2) is 10.4. The Morgan fingerprint density at radius 1 is 0.923 bits per heavy atom. The number of aromatic nitrogens is 2. The molecule has 1 aliphatic heterocycles. The molecule has 1 saturated heterocycles. The van der Waals surface area contributed by atoms with Crippen molar-refractivity contribution in [1.29, 1.82) is 0 Å². The van der Waals surface area contributed by atoms with Gasteiger partial charge in [-0.2, -0.15) is 0 Å². The van der Waals surface area contributed by atoms with E-state index >= 15 is 0 Å². The number of hydrogen-bond acceptors (Lipinski definition) is 4. The summed E-state index contributed by atoms with van der Waals surface area (Å²) in [4.78, 5) is 6.89. The maximum absolute atomic E-state index is 6.08. The van der Waals surface area contributed by atoms with Crippen LogP contribution in [0.5, 0.6) is 11.5 Å². The number of ether oxygens (including phenoxy) is 1. The smallest absolute Gasteiger partial charge is 0.174 e. The SMILES string of the molecule is Cc1ccc(Oc2ccc(N3C(=S)N[C@@H](c4ccccn4)[C@@H]3c3cc(C)n(Cc4ccco4)c3C)cc2)cc1. The van der Waals surface area contributed by atoms with Gasteiger partial charge in [0.25, 0.3) is 0 Å². The number of anilines is 1. The Balaban J connectivity index is 1.37. The van der Waals surface area contributed by atoms with Gasteiger partial charge in [0.15, 0.2) is 5.11 Å². The Bertz CT molecular complexity index is 1580. The van der Waals surface area contributed by atoms with Crippen LogP contribution in [0.3, 0.4) is 0 Å². The lowest BCUT2D eigenvalue weighted by Crippen LogP contribution is -2.29. The normalized spacial score (nSPS) is 16.9. The molecule has 1 fully saturated rings. The molecule has 0 spiro atoms. The Hall–Kier alpha value is -4.36. The van der Waals surface area contributed by atoms with E-state index in [1.54, 1.807) is 6.26 Å². The summed E-state index contributed by atoms with van der Waals surface area (Å²) in [5, 5.41) is 4.23. The lowest BCUT2D eigenvalue weighted by Gasteiger charge is -2.28. The molecule has 5 aromatic rings. The summed E-state index contributed by atoms with van der Waals surface area (Å²) < 4.78 is 14.0. The first-order chi connectivity index (χ1) is 19.0. The quantitative estimate of drug-likeness (QED) is 0.219. The van der Waals surface area contributed by atoms with Crippen molar-refractivity contribution in [3.8, 4) is 11.5 Å². The zero-order valence-electron chi connectivity index (χ0n) is 22.2. The fourth-order valence-electron chi connectivity index (χ4n) is 5.30. The van der Waals surface area contributed by atoms with Gasteiger partial charge in [-0.25, -0.2) is 0 Å². The predicted octanol–water partition coefficient (Wildman–Crippen LogP) is 7.42. The number of benzene rings is 2. The van der Waals surface area contributed by atoms with Crippen LogP contribution in [0.25, 0.3) is 0 Å². The molecule has 3 aromatic heterocycles. The van der Waals surface area contributed by atoms with Gasteiger partial charge in [0.2, 0.25) is 0 Å². The minimum Gasteiger partial charge on any atom is -0.467 e. The molecule has 39 heavy (non-hydrogen) atoms. The van der Waals surface area contributed by atoms with Crippen LogP contribution in [0, 0.1) is 20.8 Å². The number of furan rings is 1. The molecule has 6 nitrogen and oxygen atoms in total. The molecule has 0 bridgehead atoms. The van der Waals surface area contributed by atoms with Gasteiger partial charge >= 0.3 is 0 Å². The van der Waals surface area contributed by atoms with Gasteiger partial charge in [-0.05, 0) is 105 Å². The third kappa shape index (κ3) is 4.93. The molecule has 0 aliphatic carbocycles. The van der Waals surface area contributed by atoms with Crippen molar-refractivity contribution < 1.29 is 9.15 Å². The van der Waals surface area contributed by atoms with Crippen LogP contribution in [-0.2, 0) is 6.54 Å². The molecular formula is C32H30N4O2S. The summed E-state index contributed by atoms with van der Waals surface area (Å²) in [5.74, 6) is 2.50. The van der Waals surface area contributed by atoms with E-state index < -0.39 is 0 Å². The van der Waals surface area contributed by atoms with Crippen LogP contribution < -0.4 is 15.0 Å². The Morgan fingerprint density at radius 3 is 2.33 bits per heavy atom. The van der Waals surface area contributed by atoms with Crippen LogP contribution in [0.1, 0.15) is 46.1 Å². The predicted molar refractivity (Wildman–Crippen MR) is 157 cm³/mol. The molecule has 0 saturated carbocycles. The van der Waals surface area contributed by atoms with Crippen molar-refractivity contribution in [3.05, 3.63) is 131 Å². The summed E-state index contributed by atoms with van der Waals surface area (Å²) in [6.07, 6.45) is 3.55. The topological polar surface area (TPSA) is 55.5 Å². The Labute approximate surface area is 233 Å².